The Hall–Kier alpha value is -2.29. The molecule has 2 aromatic rings. The van der Waals surface area contributed by atoms with Gasteiger partial charge in [-0.2, -0.15) is 5.26 Å². The van der Waals surface area contributed by atoms with Crippen molar-refractivity contribution < 1.29 is 9.21 Å². The summed E-state index contributed by atoms with van der Waals surface area (Å²) in [6.45, 7) is 0.856. The monoisotopic (exact) mass is 357 g/mol. The van der Waals surface area contributed by atoms with Crippen LogP contribution in [-0.4, -0.2) is 23.4 Å². The molecule has 1 aliphatic carbocycles. The summed E-state index contributed by atoms with van der Waals surface area (Å²) >= 11 is 5.98. The van der Waals surface area contributed by atoms with Gasteiger partial charge in [-0.1, -0.05) is 24.4 Å². The average Bonchev–Trinajstić information content (AvgIpc) is 3.28. The van der Waals surface area contributed by atoms with Crippen LogP contribution in [0.2, 0.25) is 5.02 Å². The number of nitrogens with one attached hydrogen (secondary N) is 1. The van der Waals surface area contributed by atoms with Crippen LogP contribution < -0.4 is 5.32 Å². The van der Waals surface area contributed by atoms with Crippen molar-refractivity contribution in [1.29, 1.82) is 5.26 Å². The predicted molar refractivity (Wildman–Crippen MR) is 96.2 cm³/mol. The fourth-order valence-corrected chi connectivity index (χ4v) is 3.45. The highest BCUT2D eigenvalue weighted by atomic mass is 35.5. The molecule has 0 spiro atoms. The van der Waals surface area contributed by atoms with Gasteiger partial charge in [0, 0.05) is 11.1 Å². The Kier molecular flexibility index (Phi) is 5.75. The number of benzene rings is 1. The molecule has 0 aliphatic heterocycles. The molecule has 1 saturated carbocycles. The molecule has 25 heavy (non-hydrogen) atoms. The number of halogens is 1. The third-order valence-corrected chi connectivity index (χ3v) is 4.74. The Morgan fingerprint density at radius 2 is 2.16 bits per heavy atom. The van der Waals surface area contributed by atoms with Crippen LogP contribution in [0.4, 0.5) is 5.69 Å². The molecular formula is C19H20ClN3O2. The first kappa shape index (κ1) is 17.5. The fourth-order valence-electron chi connectivity index (χ4n) is 3.28. The van der Waals surface area contributed by atoms with Crippen LogP contribution in [0.15, 0.2) is 41.0 Å². The van der Waals surface area contributed by atoms with Crippen molar-refractivity contribution in [3.63, 3.8) is 0 Å². The fraction of sp³-hybridized carbons (Fsp3) is 0.368. The number of anilines is 1. The van der Waals surface area contributed by atoms with Gasteiger partial charge in [-0.25, -0.2) is 0 Å². The van der Waals surface area contributed by atoms with Gasteiger partial charge < -0.3 is 9.73 Å². The molecule has 1 fully saturated rings. The van der Waals surface area contributed by atoms with Crippen molar-refractivity contribution in [2.45, 2.75) is 38.3 Å². The predicted octanol–water partition coefficient (Wildman–Crippen LogP) is 4.19. The topological polar surface area (TPSA) is 69.3 Å². The summed E-state index contributed by atoms with van der Waals surface area (Å²) in [5.74, 6) is 0.692. The summed E-state index contributed by atoms with van der Waals surface area (Å²) in [4.78, 5) is 14.7. The average molecular weight is 358 g/mol. The number of furan rings is 1. The second-order valence-corrected chi connectivity index (χ2v) is 6.71. The number of carbonyl (C=O) groups excluding carboxylic acids is 1. The molecule has 1 heterocycles. The second-order valence-electron chi connectivity index (χ2n) is 6.27. The molecule has 130 valence electrons. The molecular weight excluding hydrogens is 338 g/mol. The Morgan fingerprint density at radius 3 is 2.84 bits per heavy atom. The van der Waals surface area contributed by atoms with E-state index in [0.717, 1.165) is 18.6 Å². The molecule has 5 nitrogen and oxygen atoms in total. The lowest BCUT2D eigenvalue weighted by atomic mass is 10.2. The van der Waals surface area contributed by atoms with Gasteiger partial charge in [-0.15, -0.1) is 0 Å². The lowest BCUT2D eigenvalue weighted by Gasteiger charge is -2.27. The normalized spacial score (nSPS) is 14.6. The largest absolute Gasteiger partial charge is 0.468 e. The van der Waals surface area contributed by atoms with E-state index in [1.807, 2.05) is 12.1 Å². The summed E-state index contributed by atoms with van der Waals surface area (Å²) < 4.78 is 5.44. The van der Waals surface area contributed by atoms with E-state index in [-0.39, 0.29) is 12.5 Å². The molecule has 6 heteroatoms. The molecule has 1 amide bonds. The number of hydrogen-bond acceptors (Lipinski definition) is 4. The summed E-state index contributed by atoms with van der Waals surface area (Å²) in [5, 5.41) is 12.5. The minimum Gasteiger partial charge on any atom is -0.468 e. The van der Waals surface area contributed by atoms with E-state index in [4.69, 9.17) is 16.0 Å². The van der Waals surface area contributed by atoms with Gasteiger partial charge in [0.15, 0.2) is 0 Å². The van der Waals surface area contributed by atoms with Crippen LogP contribution in [0.1, 0.15) is 37.0 Å². The lowest BCUT2D eigenvalue weighted by Crippen LogP contribution is -2.39. The Balaban J connectivity index is 1.69. The quantitative estimate of drug-likeness (QED) is 0.841. The van der Waals surface area contributed by atoms with Gasteiger partial charge in [0.05, 0.1) is 30.6 Å². The van der Waals surface area contributed by atoms with E-state index >= 15 is 0 Å². The lowest BCUT2D eigenvalue weighted by molar-refractivity contribution is -0.118. The number of amides is 1. The molecule has 0 radical (unpaired) electrons. The molecule has 3 rings (SSSR count). The van der Waals surface area contributed by atoms with Crippen molar-refractivity contribution in [2.24, 2.45) is 0 Å². The van der Waals surface area contributed by atoms with Gasteiger partial charge in [0.1, 0.15) is 11.8 Å². The molecule has 1 N–H and O–H groups in total. The number of nitriles is 1. The van der Waals surface area contributed by atoms with Crippen LogP contribution in [0, 0.1) is 11.3 Å². The van der Waals surface area contributed by atoms with Crippen molar-refractivity contribution in [3.05, 3.63) is 52.9 Å². The van der Waals surface area contributed by atoms with E-state index in [1.54, 1.807) is 24.5 Å². The highest BCUT2D eigenvalue weighted by Gasteiger charge is 2.25. The van der Waals surface area contributed by atoms with Gasteiger partial charge in [-0.05, 0) is 43.2 Å². The first-order chi connectivity index (χ1) is 12.2. The number of nitrogens with zero attached hydrogens (tertiary/aromatic N) is 2. The third kappa shape index (κ3) is 4.62. The summed E-state index contributed by atoms with van der Waals surface area (Å²) in [7, 11) is 0. The molecule has 1 aliphatic rings. The van der Waals surface area contributed by atoms with E-state index in [0.29, 0.717) is 28.9 Å². The van der Waals surface area contributed by atoms with Gasteiger partial charge in [0.25, 0.3) is 0 Å². The summed E-state index contributed by atoms with van der Waals surface area (Å²) in [5.41, 5.74) is 0.848. The highest BCUT2D eigenvalue weighted by molar-refractivity contribution is 6.31. The zero-order chi connectivity index (χ0) is 17.6. The smallest absolute Gasteiger partial charge is 0.238 e. The molecule has 0 saturated heterocycles. The van der Waals surface area contributed by atoms with E-state index in [1.165, 1.54) is 12.8 Å². The van der Waals surface area contributed by atoms with Crippen molar-refractivity contribution in [1.82, 2.24) is 4.90 Å². The zero-order valence-corrected chi connectivity index (χ0v) is 14.6. The van der Waals surface area contributed by atoms with Crippen LogP contribution in [-0.2, 0) is 11.3 Å². The van der Waals surface area contributed by atoms with Gasteiger partial charge >= 0.3 is 0 Å². The Bertz CT molecular complexity index is 761. The van der Waals surface area contributed by atoms with Crippen molar-refractivity contribution >= 4 is 23.2 Å². The first-order valence-corrected chi connectivity index (χ1v) is 8.79. The number of carbonyl (C=O) groups is 1. The Morgan fingerprint density at radius 1 is 1.36 bits per heavy atom. The van der Waals surface area contributed by atoms with Crippen LogP contribution in [0.3, 0.4) is 0 Å². The van der Waals surface area contributed by atoms with E-state index < -0.39 is 0 Å². The molecule has 1 aromatic carbocycles. The van der Waals surface area contributed by atoms with Crippen LogP contribution in [0.25, 0.3) is 0 Å². The minimum atomic E-state index is -0.155. The zero-order valence-electron chi connectivity index (χ0n) is 13.9. The first-order valence-electron chi connectivity index (χ1n) is 8.41. The standard InChI is InChI=1S/C19H20ClN3O2/c20-15-8-7-14(11-21)18(10-15)22-19(24)13-23(16-4-1-2-5-16)12-17-6-3-9-25-17/h3,6-10,16H,1-2,4-5,12-13H2,(H,22,24). The summed E-state index contributed by atoms with van der Waals surface area (Å²) in [6.07, 6.45) is 6.21. The minimum absolute atomic E-state index is 0.155. The SMILES string of the molecule is N#Cc1ccc(Cl)cc1NC(=O)CN(Cc1ccco1)C1CCCC1. The van der Waals surface area contributed by atoms with Gasteiger partial charge in [-0.3, -0.25) is 9.69 Å². The van der Waals surface area contributed by atoms with E-state index in [9.17, 15) is 10.1 Å². The van der Waals surface area contributed by atoms with Crippen molar-refractivity contribution in [3.8, 4) is 6.07 Å². The summed E-state index contributed by atoms with van der Waals surface area (Å²) in [6, 6.07) is 11.1. The number of rotatable bonds is 6. The maximum Gasteiger partial charge on any atom is 0.238 e. The number of hydrogen-bond donors (Lipinski definition) is 1. The second kappa shape index (κ2) is 8.19. The van der Waals surface area contributed by atoms with Crippen LogP contribution in [0.5, 0.6) is 0 Å². The molecule has 0 atom stereocenters. The molecule has 1 aromatic heterocycles. The molecule has 0 unspecified atom stereocenters. The third-order valence-electron chi connectivity index (χ3n) is 4.50. The highest BCUT2D eigenvalue weighted by Crippen LogP contribution is 2.25. The van der Waals surface area contributed by atoms with Crippen LogP contribution >= 0.6 is 11.6 Å². The maximum absolute atomic E-state index is 12.6. The van der Waals surface area contributed by atoms with Crippen molar-refractivity contribution in [2.75, 3.05) is 11.9 Å². The van der Waals surface area contributed by atoms with E-state index in [2.05, 4.69) is 16.3 Å². The maximum atomic E-state index is 12.6. The molecule has 0 bridgehead atoms. The Labute approximate surface area is 152 Å². The van der Waals surface area contributed by atoms with Gasteiger partial charge in [0.2, 0.25) is 5.91 Å².